The normalized spacial score (nSPS) is 14.5. The van der Waals surface area contributed by atoms with E-state index in [1.54, 1.807) is 20.8 Å². The minimum atomic E-state index is -2.07. The highest BCUT2D eigenvalue weighted by atomic mass is 28.4. The van der Waals surface area contributed by atoms with Crippen LogP contribution in [0.2, 0.25) is 18.1 Å². The Kier molecular flexibility index (Phi) is 6.43. The molecule has 21 heavy (non-hydrogen) atoms. The summed E-state index contributed by atoms with van der Waals surface area (Å²) in [6.07, 6.45) is -0.756. The quantitative estimate of drug-likeness (QED) is 0.761. The van der Waals surface area contributed by atoms with E-state index in [-0.39, 0.29) is 11.6 Å². The molecule has 2 N–H and O–H groups in total. The highest BCUT2D eigenvalue weighted by Gasteiger charge is 2.38. The lowest BCUT2D eigenvalue weighted by Gasteiger charge is -2.36. The molecular formula is C14H29NO5Si. The fraction of sp³-hybridized carbons (Fsp3) is 0.857. The molecule has 0 aliphatic carbocycles. The predicted octanol–water partition coefficient (Wildman–Crippen LogP) is 2.99. The number of carboxylic acids is 1. The summed E-state index contributed by atoms with van der Waals surface area (Å²) in [5.41, 5.74) is -0.673. The van der Waals surface area contributed by atoms with Gasteiger partial charge in [0.1, 0.15) is 5.60 Å². The Morgan fingerprint density at radius 3 is 1.95 bits per heavy atom. The summed E-state index contributed by atoms with van der Waals surface area (Å²) in [5.74, 6) is -1.14. The van der Waals surface area contributed by atoms with Crippen LogP contribution in [-0.2, 0) is 14.0 Å². The van der Waals surface area contributed by atoms with Crippen molar-refractivity contribution in [2.24, 2.45) is 0 Å². The van der Waals surface area contributed by atoms with Gasteiger partial charge in [0, 0.05) is 0 Å². The Morgan fingerprint density at radius 1 is 1.14 bits per heavy atom. The van der Waals surface area contributed by atoms with Crippen molar-refractivity contribution in [3.63, 3.8) is 0 Å². The number of amides is 1. The number of alkyl carbamates (subject to hydrolysis) is 1. The first kappa shape index (κ1) is 19.9. The fourth-order valence-electron chi connectivity index (χ4n) is 1.13. The standard InChI is InChI=1S/C14H29NO5Si/c1-13(2,3)20-12(18)15-10(11(16)17)9-19-21(7,8)14(4,5)6/h10H,9H2,1-8H3,(H,15,18)(H,16,17). The van der Waals surface area contributed by atoms with Gasteiger partial charge in [0.15, 0.2) is 14.4 Å². The van der Waals surface area contributed by atoms with Crippen molar-refractivity contribution in [1.82, 2.24) is 5.32 Å². The van der Waals surface area contributed by atoms with Gasteiger partial charge < -0.3 is 19.6 Å². The van der Waals surface area contributed by atoms with Gasteiger partial charge >= 0.3 is 12.1 Å². The van der Waals surface area contributed by atoms with Crippen LogP contribution in [0.3, 0.4) is 0 Å². The van der Waals surface area contributed by atoms with Gasteiger partial charge in [-0.1, -0.05) is 20.8 Å². The van der Waals surface area contributed by atoms with Crippen LogP contribution < -0.4 is 5.32 Å². The van der Waals surface area contributed by atoms with Crippen LogP contribution in [0.1, 0.15) is 41.5 Å². The Morgan fingerprint density at radius 2 is 1.62 bits per heavy atom. The van der Waals surface area contributed by atoms with Crippen molar-refractivity contribution in [2.75, 3.05) is 6.61 Å². The Labute approximate surface area is 128 Å². The first-order valence-electron chi connectivity index (χ1n) is 7.02. The van der Waals surface area contributed by atoms with E-state index in [0.29, 0.717) is 0 Å². The molecule has 0 fully saturated rings. The number of hydrogen-bond acceptors (Lipinski definition) is 4. The van der Waals surface area contributed by atoms with Crippen LogP contribution in [-0.4, -0.2) is 43.7 Å². The molecule has 0 aromatic heterocycles. The van der Waals surface area contributed by atoms with Gasteiger partial charge in [-0.25, -0.2) is 9.59 Å². The van der Waals surface area contributed by atoms with Gasteiger partial charge in [0.05, 0.1) is 6.61 Å². The molecule has 1 amide bonds. The summed E-state index contributed by atoms with van der Waals surface area (Å²) in [4.78, 5) is 22.9. The van der Waals surface area contributed by atoms with Crippen molar-refractivity contribution in [2.45, 2.75) is 71.3 Å². The molecule has 0 aliphatic rings. The number of carbonyl (C=O) groups excluding carboxylic acids is 1. The molecule has 7 heteroatoms. The lowest BCUT2D eigenvalue weighted by molar-refractivity contribution is -0.140. The lowest BCUT2D eigenvalue weighted by Crippen LogP contribution is -2.50. The molecule has 0 radical (unpaired) electrons. The second-order valence-electron chi connectivity index (χ2n) is 7.61. The number of ether oxygens (including phenoxy) is 1. The van der Waals surface area contributed by atoms with Crippen molar-refractivity contribution < 1.29 is 23.9 Å². The van der Waals surface area contributed by atoms with Gasteiger partial charge in [-0.15, -0.1) is 0 Å². The minimum Gasteiger partial charge on any atom is -0.480 e. The minimum absolute atomic E-state index is 0.0258. The highest BCUT2D eigenvalue weighted by Crippen LogP contribution is 2.36. The van der Waals surface area contributed by atoms with Gasteiger partial charge in [-0.3, -0.25) is 0 Å². The van der Waals surface area contributed by atoms with E-state index >= 15 is 0 Å². The molecule has 0 saturated heterocycles. The zero-order valence-corrected chi connectivity index (χ0v) is 15.4. The largest absolute Gasteiger partial charge is 0.480 e. The number of hydrogen-bond donors (Lipinski definition) is 2. The summed E-state index contributed by atoms with van der Waals surface area (Å²) in [5, 5.41) is 11.5. The second-order valence-corrected chi connectivity index (χ2v) is 12.4. The fourth-order valence-corrected chi connectivity index (χ4v) is 2.15. The van der Waals surface area contributed by atoms with Gasteiger partial charge in [-0.05, 0) is 38.9 Å². The van der Waals surface area contributed by atoms with Gasteiger partial charge in [-0.2, -0.15) is 0 Å². The van der Waals surface area contributed by atoms with E-state index in [2.05, 4.69) is 26.1 Å². The number of nitrogens with one attached hydrogen (secondary N) is 1. The van der Waals surface area contributed by atoms with Crippen LogP contribution in [0.15, 0.2) is 0 Å². The summed E-state index contributed by atoms with van der Waals surface area (Å²) >= 11 is 0. The van der Waals surface area contributed by atoms with Crippen molar-refractivity contribution in [1.29, 1.82) is 0 Å². The van der Waals surface area contributed by atoms with Crippen molar-refractivity contribution in [3.8, 4) is 0 Å². The third-order valence-corrected chi connectivity index (χ3v) is 7.91. The van der Waals surface area contributed by atoms with Gasteiger partial charge in [0.25, 0.3) is 0 Å². The monoisotopic (exact) mass is 319 g/mol. The smallest absolute Gasteiger partial charge is 0.408 e. The average molecular weight is 319 g/mol. The molecular weight excluding hydrogens is 290 g/mol. The Hall–Kier alpha value is -1.08. The van der Waals surface area contributed by atoms with Gasteiger partial charge in [0.2, 0.25) is 0 Å². The average Bonchev–Trinajstić information content (AvgIpc) is 2.19. The molecule has 1 atom stereocenters. The molecule has 0 aromatic carbocycles. The Balaban J connectivity index is 4.67. The third-order valence-electron chi connectivity index (χ3n) is 3.41. The maximum Gasteiger partial charge on any atom is 0.408 e. The maximum absolute atomic E-state index is 11.7. The molecule has 0 heterocycles. The summed E-state index contributed by atoms with van der Waals surface area (Å²) in [6, 6.07) is -1.12. The van der Waals surface area contributed by atoms with E-state index in [9.17, 15) is 14.7 Å². The third kappa shape index (κ3) is 7.47. The van der Waals surface area contributed by atoms with Crippen LogP contribution in [0, 0.1) is 0 Å². The number of rotatable bonds is 5. The number of carboxylic acid groups (broad SMARTS) is 1. The van der Waals surface area contributed by atoms with Crippen molar-refractivity contribution >= 4 is 20.4 Å². The molecule has 0 aromatic rings. The first-order chi connectivity index (χ1) is 9.16. The molecule has 124 valence electrons. The summed E-state index contributed by atoms with van der Waals surface area (Å²) in [7, 11) is -2.07. The van der Waals surface area contributed by atoms with E-state index in [1.165, 1.54) is 0 Å². The lowest BCUT2D eigenvalue weighted by atomic mass is 10.2. The summed E-state index contributed by atoms with van der Waals surface area (Å²) < 4.78 is 10.9. The zero-order chi connectivity index (χ0) is 17.1. The molecule has 0 bridgehead atoms. The van der Waals surface area contributed by atoms with Crippen LogP contribution in [0.4, 0.5) is 4.79 Å². The topological polar surface area (TPSA) is 84.9 Å². The van der Waals surface area contributed by atoms with Crippen LogP contribution in [0.25, 0.3) is 0 Å². The molecule has 0 saturated carbocycles. The van der Waals surface area contributed by atoms with E-state index < -0.39 is 32.0 Å². The Bertz CT molecular complexity index is 382. The maximum atomic E-state index is 11.7. The van der Waals surface area contributed by atoms with Crippen molar-refractivity contribution in [3.05, 3.63) is 0 Å². The second kappa shape index (κ2) is 6.78. The molecule has 6 nitrogen and oxygen atoms in total. The molecule has 0 spiro atoms. The SMILES string of the molecule is CC(C)(C)OC(=O)NC(CO[Si](C)(C)C(C)(C)C)C(=O)O. The van der Waals surface area contributed by atoms with Crippen LogP contribution >= 0.6 is 0 Å². The number of carbonyl (C=O) groups is 2. The first-order valence-corrected chi connectivity index (χ1v) is 9.93. The molecule has 0 rings (SSSR count). The van der Waals surface area contributed by atoms with E-state index in [4.69, 9.17) is 9.16 Å². The van der Waals surface area contributed by atoms with E-state index in [0.717, 1.165) is 0 Å². The zero-order valence-electron chi connectivity index (χ0n) is 14.4. The predicted molar refractivity (Wildman–Crippen MR) is 83.9 cm³/mol. The van der Waals surface area contributed by atoms with E-state index in [1.807, 2.05) is 13.1 Å². The number of aliphatic carboxylic acids is 1. The highest BCUT2D eigenvalue weighted by molar-refractivity contribution is 6.74. The van der Waals surface area contributed by atoms with Crippen LogP contribution in [0.5, 0.6) is 0 Å². The molecule has 0 aliphatic heterocycles. The summed E-state index contributed by atoms with van der Waals surface area (Å²) in [6.45, 7) is 15.3. The molecule has 1 unspecified atom stereocenters.